The van der Waals surface area contributed by atoms with E-state index in [4.69, 9.17) is 4.74 Å². The zero-order chi connectivity index (χ0) is 15.1. The number of carbonyl (C=O) groups is 1. The van der Waals surface area contributed by atoms with Crippen molar-refractivity contribution >= 4 is 6.03 Å². The molecule has 0 aliphatic carbocycles. The highest BCUT2D eigenvalue weighted by atomic mass is 19.1. The number of likely N-dealkylation sites (tertiary alicyclic amines) is 1. The lowest BCUT2D eigenvalue weighted by atomic mass is 10.0. The number of halogens is 1. The Balaban J connectivity index is 1.59. The Bertz CT molecular complexity index is 450. The first-order chi connectivity index (χ1) is 10.1. The summed E-state index contributed by atoms with van der Waals surface area (Å²) in [4.78, 5) is 13.8. The largest absolute Gasteiger partial charge is 0.494 e. The van der Waals surface area contributed by atoms with Crippen LogP contribution in [0.2, 0.25) is 0 Å². The van der Waals surface area contributed by atoms with Gasteiger partial charge in [0.15, 0.2) is 0 Å². The van der Waals surface area contributed by atoms with Gasteiger partial charge < -0.3 is 15.0 Å². The molecule has 1 aliphatic heterocycles. The molecule has 116 valence electrons. The molecule has 1 atom stereocenters. The fraction of sp³-hybridized carbons (Fsp3) is 0.562. The van der Waals surface area contributed by atoms with Crippen LogP contribution in [-0.2, 0) is 0 Å². The van der Waals surface area contributed by atoms with E-state index in [0.717, 1.165) is 25.9 Å². The highest BCUT2D eigenvalue weighted by molar-refractivity contribution is 5.74. The van der Waals surface area contributed by atoms with Crippen LogP contribution in [0.15, 0.2) is 24.3 Å². The molecule has 0 aromatic heterocycles. The van der Waals surface area contributed by atoms with Crippen molar-refractivity contribution < 1.29 is 13.9 Å². The highest BCUT2D eigenvalue weighted by Gasteiger charge is 2.20. The highest BCUT2D eigenvalue weighted by Crippen LogP contribution is 2.15. The van der Waals surface area contributed by atoms with Crippen LogP contribution in [0.5, 0.6) is 5.75 Å². The number of nitrogens with zero attached hydrogens (tertiary/aromatic N) is 1. The Labute approximate surface area is 125 Å². The van der Waals surface area contributed by atoms with E-state index >= 15 is 0 Å². The predicted octanol–water partition coefficient (Wildman–Crippen LogP) is 3.04. The molecular formula is C16H23FN2O2. The quantitative estimate of drug-likeness (QED) is 0.848. The van der Waals surface area contributed by atoms with Crippen molar-refractivity contribution in [2.45, 2.75) is 26.2 Å². The van der Waals surface area contributed by atoms with Crippen molar-refractivity contribution in [2.75, 3.05) is 26.2 Å². The lowest BCUT2D eigenvalue weighted by Crippen LogP contribution is -2.45. The van der Waals surface area contributed by atoms with E-state index < -0.39 is 0 Å². The van der Waals surface area contributed by atoms with Gasteiger partial charge >= 0.3 is 6.03 Å². The van der Waals surface area contributed by atoms with Gasteiger partial charge in [-0.05, 0) is 49.4 Å². The maximum absolute atomic E-state index is 12.7. The summed E-state index contributed by atoms with van der Waals surface area (Å²) in [6, 6.07) is 5.96. The molecule has 1 aliphatic rings. The van der Waals surface area contributed by atoms with Crippen molar-refractivity contribution in [3.63, 3.8) is 0 Å². The van der Waals surface area contributed by atoms with Crippen molar-refractivity contribution in [3.8, 4) is 5.75 Å². The van der Waals surface area contributed by atoms with E-state index in [9.17, 15) is 9.18 Å². The minimum Gasteiger partial charge on any atom is -0.494 e. The first-order valence-corrected chi connectivity index (χ1v) is 7.56. The van der Waals surface area contributed by atoms with E-state index in [1.165, 1.54) is 18.6 Å². The summed E-state index contributed by atoms with van der Waals surface area (Å²) in [6.45, 7) is 4.96. The summed E-state index contributed by atoms with van der Waals surface area (Å²) in [5, 5.41) is 2.92. The molecule has 0 saturated carbocycles. The summed E-state index contributed by atoms with van der Waals surface area (Å²) in [5.41, 5.74) is 0. The number of ether oxygens (including phenoxy) is 1. The molecule has 0 bridgehead atoms. The van der Waals surface area contributed by atoms with Gasteiger partial charge in [-0.3, -0.25) is 0 Å². The lowest BCUT2D eigenvalue weighted by Gasteiger charge is -2.30. The third-order valence-electron chi connectivity index (χ3n) is 3.62. The average molecular weight is 294 g/mol. The number of benzene rings is 1. The van der Waals surface area contributed by atoms with Crippen LogP contribution in [0.3, 0.4) is 0 Å². The fourth-order valence-corrected chi connectivity index (χ4v) is 2.47. The lowest BCUT2D eigenvalue weighted by molar-refractivity contribution is 0.169. The van der Waals surface area contributed by atoms with E-state index in [2.05, 4.69) is 12.2 Å². The molecule has 0 radical (unpaired) electrons. The molecule has 1 saturated heterocycles. The molecule has 5 heteroatoms. The second-order valence-corrected chi connectivity index (χ2v) is 5.58. The smallest absolute Gasteiger partial charge is 0.317 e. The van der Waals surface area contributed by atoms with Gasteiger partial charge in [-0.25, -0.2) is 9.18 Å². The summed E-state index contributed by atoms with van der Waals surface area (Å²) < 4.78 is 18.2. The maximum Gasteiger partial charge on any atom is 0.317 e. The van der Waals surface area contributed by atoms with Crippen molar-refractivity contribution in [2.24, 2.45) is 5.92 Å². The third-order valence-corrected chi connectivity index (χ3v) is 3.62. The molecule has 1 N–H and O–H groups in total. The zero-order valence-electron chi connectivity index (χ0n) is 12.5. The molecule has 0 spiro atoms. The molecule has 1 aromatic rings. The van der Waals surface area contributed by atoms with Crippen LogP contribution in [0.25, 0.3) is 0 Å². The Morgan fingerprint density at radius 1 is 1.43 bits per heavy atom. The topological polar surface area (TPSA) is 41.6 Å². The average Bonchev–Trinajstić information content (AvgIpc) is 2.48. The van der Waals surface area contributed by atoms with E-state index in [1.807, 2.05) is 4.90 Å². The normalized spacial score (nSPS) is 18.4. The first-order valence-electron chi connectivity index (χ1n) is 7.56. The number of piperidine rings is 1. The van der Waals surface area contributed by atoms with Gasteiger partial charge in [-0.1, -0.05) is 6.92 Å². The minimum absolute atomic E-state index is 0.0170. The Morgan fingerprint density at radius 2 is 2.19 bits per heavy atom. The van der Waals surface area contributed by atoms with E-state index in [1.54, 1.807) is 12.1 Å². The van der Waals surface area contributed by atoms with Crippen LogP contribution in [0.4, 0.5) is 9.18 Å². The molecule has 1 aromatic carbocycles. The van der Waals surface area contributed by atoms with Crippen molar-refractivity contribution in [3.05, 3.63) is 30.1 Å². The number of hydrogen-bond acceptors (Lipinski definition) is 2. The molecule has 21 heavy (non-hydrogen) atoms. The van der Waals surface area contributed by atoms with Gasteiger partial charge in [0.1, 0.15) is 11.6 Å². The predicted molar refractivity (Wildman–Crippen MR) is 79.9 cm³/mol. The van der Waals surface area contributed by atoms with Crippen LogP contribution in [0.1, 0.15) is 26.2 Å². The monoisotopic (exact) mass is 294 g/mol. The second-order valence-electron chi connectivity index (χ2n) is 5.58. The molecule has 1 heterocycles. The van der Waals surface area contributed by atoms with Crippen LogP contribution in [-0.4, -0.2) is 37.2 Å². The number of rotatable bonds is 5. The molecule has 1 fully saturated rings. The number of carbonyl (C=O) groups excluding carboxylic acids is 1. The number of urea groups is 1. The molecular weight excluding hydrogens is 271 g/mol. The van der Waals surface area contributed by atoms with Crippen molar-refractivity contribution in [1.29, 1.82) is 0 Å². The van der Waals surface area contributed by atoms with E-state index in [0.29, 0.717) is 24.8 Å². The number of amides is 2. The van der Waals surface area contributed by atoms with Gasteiger partial charge in [0.2, 0.25) is 0 Å². The summed E-state index contributed by atoms with van der Waals surface area (Å²) in [5.74, 6) is 0.962. The number of hydrogen-bond donors (Lipinski definition) is 1. The van der Waals surface area contributed by atoms with Gasteiger partial charge in [-0.15, -0.1) is 0 Å². The molecule has 1 unspecified atom stereocenters. The Kier molecular flexibility index (Phi) is 5.84. The fourth-order valence-electron chi connectivity index (χ4n) is 2.47. The summed E-state index contributed by atoms with van der Waals surface area (Å²) in [7, 11) is 0. The van der Waals surface area contributed by atoms with Gasteiger partial charge in [0.05, 0.1) is 6.61 Å². The number of nitrogens with one attached hydrogen (secondary N) is 1. The maximum atomic E-state index is 12.7. The van der Waals surface area contributed by atoms with Gasteiger partial charge in [-0.2, -0.15) is 0 Å². The van der Waals surface area contributed by atoms with Gasteiger partial charge in [0, 0.05) is 19.6 Å². The standard InChI is InChI=1S/C16H23FN2O2/c1-13-4-2-10-19(12-13)16(20)18-9-3-11-21-15-7-5-14(17)6-8-15/h5-8,13H,2-4,9-12H2,1H3,(H,18,20). The first kappa shape index (κ1) is 15.6. The van der Waals surface area contributed by atoms with Crippen LogP contribution < -0.4 is 10.1 Å². The van der Waals surface area contributed by atoms with Crippen molar-refractivity contribution in [1.82, 2.24) is 10.2 Å². The Morgan fingerprint density at radius 3 is 2.90 bits per heavy atom. The second kappa shape index (κ2) is 7.86. The van der Waals surface area contributed by atoms with Crippen LogP contribution in [0, 0.1) is 11.7 Å². The summed E-state index contributed by atoms with van der Waals surface area (Å²) in [6.07, 6.45) is 3.02. The SMILES string of the molecule is CC1CCCN(C(=O)NCCCOc2ccc(F)cc2)C1. The molecule has 4 nitrogen and oxygen atoms in total. The minimum atomic E-state index is -0.273. The van der Waals surface area contributed by atoms with Gasteiger partial charge in [0.25, 0.3) is 0 Å². The third kappa shape index (κ3) is 5.25. The van der Waals surface area contributed by atoms with E-state index in [-0.39, 0.29) is 11.8 Å². The zero-order valence-corrected chi connectivity index (χ0v) is 12.5. The Hall–Kier alpha value is -1.78. The van der Waals surface area contributed by atoms with Crippen LogP contribution >= 0.6 is 0 Å². The molecule has 2 rings (SSSR count). The molecule has 2 amide bonds. The summed E-state index contributed by atoms with van der Waals surface area (Å²) >= 11 is 0.